The normalized spacial score (nSPS) is 20.7. The third kappa shape index (κ3) is 3.73. The quantitative estimate of drug-likeness (QED) is 0.777. The van der Waals surface area contributed by atoms with Crippen LogP contribution >= 0.6 is 0 Å². The zero-order valence-corrected chi connectivity index (χ0v) is 16.1. The number of amides is 2. The molecule has 2 fully saturated rings. The number of quaternary nitrogens is 1. The van der Waals surface area contributed by atoms with Gasteiger partial charge in [-0.2, -0.15) is 0 Å². The number of methoxy groups -OCH3 is 1. The molecule has 2 amide bonds. The summed E-state index contributed by atoms with van der Waals surface area (Å²) < 4.78 is 5.22. The van der Waals surface area contributed by atoms with E-state index in [2.05, 4.69) is 17.0 Å². The van der Waals surface area contributed by atoms with Crippen LogP contribution in [-0.2, 0) is 16.1 Å². The van der Waals surface area contributed by atoms with E-state index in [0.717, 1.165) is 37.5 Å². The van der Waals surface area contributed by atoms with Crippen LogP contribution in [0.5, 0.6) is 5.75 Å². The maximum atomic E-state index is 12.9. The van der Waals surface area contributed by atoms with Gasteiger partial charge in [0.25, 0.3) is 5.91 Å². The van der Waals surface area contributed by atoms with Crippen molar-refractivity contribution in [2.45, 2.75) is 19.0 Å². The van der Waals surface area contributed by atoms with Crippen molar-refractivity contribution in [3.05, 3.63) is 60.2 Å². The topological polar surface area (TPSA) is 54.3 Å². The van der Waals surface area contributed by atoms with E-state index in [1.54, 1.807) is 7.11 Å². The number of ether oxygens (including phenoxy) is 1. The molecule has 0 saturated carbocycles. The molecule has 0 aromatic heterocycles. The van der Waals surface area contributed by atoms with E-state index < -0.39 is 0 Å². The number of rotatable bonds is 5. The number of anilines is 1. The molecule has 0 spiro atoms. The molecule has 2 aromatic rings. The molecule has 1 N–H and O–H groups in total. The Balaban J connectivity index is 1.36. The summed E-state index contributed by atoms with van der Waals surface area (Å²) >= 11 is 0. The van der Waals surface area contributed by atoms with Crippen molar-refractivity contribution in [3.8, 4) is 5.75 Å². The van der Waals surface area contributed by atoms with E-state index in [4.69, 9.17) is 4.74 Å². The van der Waals surface area contributed by atoms with Gasteiger partial charge in [-0.1, -0.05) is 30.3 Å². The third-order valence-electron chi connectivity index (χ3n) is 5.76. The lowest BCUT2D eigenvalue weighted by molar-refractivity contribution is -0.915. The summed E-state index contributed by atoms with van der Waals surface area (Å²) in [5, 5.41) is 0. The molecule has 2 aliphatic rings. The molecule has 2 aromatic carbocycles. The molecule has 0 unspecified atom stereocenters. The molecule has 2 aliphatic heterocycles. The van der Waals surface area contributed by atoms with Crippen LogP contribution in [0.1, 0.15) is 12.0 Å². The molecule has 28 heavy (non-hydrogen) atoms. The highest BCUT2D eigenvalue weighted by Gasteiger charge is 2.45. The Bertz CT molecular complexity index is 830. The number of carbonyl (C=O) groups is 2. The average Bonchev–Trinajstić information content (AvgIpc) is 3.03. The highest BCUT2D eigenvalue weighted by atomic mass is 16.5. The molecule has 4 rings (SSSR count). The van der Waals surface area contributed by atoms with E-state index in [1.165, 1.54) is 15.5 Å². The minimum atomic E-state index is -0.241. The summed E-state index contributed by atoms with van der Waals surface area (Å²) in [6.07, 6.45) is 0.323. The molecule has 2 heterocycles. The molecule has 6 nitrogen and oxygen atoms in total. The molecule has 1 atom stereocenters. The van der Waals surface area contributed by atoms with Crippen molar-refractivity contribution in [1.29, 1.82) is 0 Å². The van der Waals surface area contributed by atoms with Crippen LogP contribution in [0.25, 0.3) is 0 Å². The lowest BCUT2D eigenvalue weighted by Crippen LogP contribution is -3.19. The Kier molecular flexibility index (Phi) is 5.30. The third-order valence-corrected chi connectivity index (χ3v) is 5.76. The number of nitrogens with one attached hydrogen (secondary N) is 1. The summed E-state index contributed by atoms with van der Waals surface area (Å²) in [5.74, 6) is 0.771. The van der Waals surface area contributed by atoms with Gasteiger partial charge in [0.05, 0.1) is 46.3 Å². The number of imide groups is 1. The molecular weight excluding hydrogens is 354 g/mol. The highest BCUT2D eigenvalue weighted by Crippen LogP contribution is 2.20. The van der Waals surface area contributed by atoms with Crippen molar-refractivity contribution in [1.82, 2.24) is 4.90 Å². The Morgan fingerprint density at radius 2 is 1.68 bits per heavy atom. The number of carbonyl (C=O) groups excluding carboxylic acids is 2. The molecular formula is C22H26N3O3+. The zero-order chi connectivity index (χ0) is 19.5. The summed E-state index contributed by atoms with van der Waals surface area (Å²) in [4.78, 5) is 30.3. The number of piperazine rings is 1. The van der Waals surface area contributed by atoms with Crippen LogP contribution in [0.15, 0.2) is 54.6 Å². The van der Waals surface area contributed by atoms with Gasteiger partial charge in [-0.15, -0.1) is 0 Å². The second-order valence-corrected chi connectivity index (χ2v) is 7.40. The second-order valence-electron chi connectivity index (χ2n) is 7.40. The van der Waals surface area contributed by atoms with Gasteiger partial charge in [-0.3, -0.25) is 14.5 Å². The molecule has 0 bridgehead atoms. The smallest absolute Gasteiger partial charge is 0.288 e. The second kappa shape index (κ2) is 8.02. The highest BCUT2D eigenvalue weighted by molar-refractivity contribution is 6.04. The molecule has 146 valence electrons. The summed E-state index contributed by atoms with van der Waals surface area (Å²) in [5.41, 5.74) is 2.16. The van der Waals surface area contributed by atoms with Crippen LogP contribution in [0.3, 0.4) is 0 Å². The van der Waals surface area contributed by atoms with Gasteiger partial charge in [-0.25, -0.2) is 0 Å². The first kappa shape index (κ1) is 18.5. The fraction of sp³-hybridized carbons (Fsp3) is 0.364. The summed E-state index contributed by atoms with van der Waals surface area (Å²) in [6.45, 7) is 3.83. The van der Waals surface area contributed by atoms with Crippen molar-refractivity contribution in [2.24, 2.45) is 0 Å². The van der Waals surface area contributed by atoms with Crippen LogP contribution in [0.4, 0.5) is 5.69 Å². The van der Waals surface area contributed by atoms with E-state index >= 15 is 0 Å². The number of hydrogen-bond acceptors (Lipinski definition) is 4. The summed E-state index contributed by atoms with van der Waals surface area (Å²) in [7, 11) is 1.66. The number of benzene rings is 2. The minimum absolute atomic E-state index is 0.0262. The van der Waals surface area contributed by atoms with Crippen LogP contribution in [0.2, 0.25) is 0 Å². The van der Waals surface area contributed by atoms with Gasteiger partial charge < -0.3 is 14.5 Å². The standard InChI is InChI=1S/C22H25N3O3/c1-28-19-9-7-18(8-10-19)23-11-13-24(14-12-23)20-15-21(26)25(22(20)27)16-17-5-3-2-4-6-17/h2-10,20H,11-16H2,1H3/p+1/t20-/m1/s1. The molecule has 0 radical (unpaired) electrons. The monoisotopic (exact) mass is 380 g/mol. The maximum absolute atomic E-state index is 12.9. The fourth-order valence-corrected chi connectivity index (χ4v) is 4.13. The SMILES string of the molecule is COc1ccc(N2CC[NH+]([C@@H]3CC(=O)N(Cc4ccccc4)C3=O)CC2)cc1. The van der Waals surface area contributed by atoms with Crippen LogP contribution < -0.4 is 14.5 Å². The lowest BCUT2D eigenvalue weighted by Gasteiger charge is -2.35. The van der Waals surface area contributed by atoms with Crippen molar-refractivity contribution < 1.29 is 19.2 Å². The first-order valence-corrected chi connectivity index (χ1v) is 9.77. The minimum Gasteiger partial charge on any atom is -0.497 e. The average molecular weight is 380 g/mol. The number of hydrogen-bond donors (Lipinski definition) is 1. The van der Waals surface area contributed by atoms with E-state index in [0.29, 0.717) is 13.0 Å². The molecule has 6 heteroatoms. The Morgan fingerprint density at radius 1 is 1.00 bits per heavy atom. The van der Waals surface area contributed by atoms with E-state index in [1.807, 2.05) is 42.5 Å². The molecule has 2 saturated heterocycles. The van der Waals surface area contributed by atoms with Gasteiger partial charge >= 0.3 is 0 Å². The van der Waals surface area contributed by atoms with Crippen LogP contribution in [0, 0.1) is 0 Å². The predicted molar refractivity (Wildman–Crippen MR) is 106 cm³/mol. The largest absolute Gasteiger partial charge is 0.497 e. The van der Waals surface area contributed by atoms with E-state index in [9.17, 15) is 9.59 Å². The predicted octanol–water partition coefficient (Wildman–Crippen LogP) is 0.728. The molecule has 0 aliphatic carbocycles. The van der Waals surface area contributed by atoms with E-state index in [-0.39, 0.29) is 17.9 Å². The lowest BCUT2D eigenvalue weighted by atomic mass is 10.1. The Hall–Kier alpha value is -2.86. The zero-order valence-electron chi connectivity index (χ0n) is 16.1. The van der Waals surface area contributed by atoms with Gasteiger partial charge in [0.2, 0.25) is 5.91 Å². The maximum Gasteiger partial charge on any atom is 0.288 e. The van der Waals surface area contributed by atoms with Crippen molar-refractivity contribution in [3.63, 3.8) is 0 Å². The number of nitrogens with zero attached hydrogens (tertiary/aromatic N) is 2. The first-order valence-electron chi connectivity index (χ1n) is 9.77. The Labute approximate surface area is 165 Å². The van der Waals surface area contributed by atoms with Crippen molar-refractivity contribution >= 4 is 17.5 Å². The fourth-order valence-electron chi connectivity index (χ4n) is 4.13. The van der Waals surface area contributed by atoms with Crippen LogP contribution in [-0.4, -0.2) is 56.0 Å². The van der Waals surface area contributed by atoms with Crippen molar-refractivity contribution in [2.75, 3.05) is 38.2 Å². The Morgan fingerprint density at radius 3 is 2.32 bits per heavy atom. The summed E-state index contributed by atoms with van der Waals surface area (Å²) in [6, 6.07) is 17.5. The van der Waals surface area contributed by atoms with Gasteiger partial charge in [0.15, 0.2) is 6.04 Å². The first-order chi connectivity index (χ1) is 13.7. The number of likely N-dealkylation sites (tertiary alicyclic amines) is 1. The van der Waals surface area contributed by atoms with Gasteiger partial charge in [0, 0.05) is 5.69 Å². The van der Waals surface area contributed by atoms with Gasteiger partial charge in [0.1, 0.15) is 5.75 Å². The van der Waals surface area contributed by atoms with Gasteiger partial charge in [-0.05, 0) is 29.8 Å².